The molecule has 0 amide bonds. The van der Waals surface area contributed by atoms with Crippen LogP contribution in [0.5, 0.6) is 0 Å². The van der Waals surface area contributed by atoms with E-state index in [-0.39, 0.29) is 24.7 Å². The van der Waals surface area contributed by atoms with Crippen molar-refractivity contribution in [3.8, 4) is 0 Å². The molecular weight excluding hydrogens is 857 g/mol. The number of allylic oxidation sites excluding steroid dienone is 8. The number of nitrogens with zero attached hydrogens (tertiary/aromatic N) is 6. The van der Waals surface area contributed by atoms with E-state index in [4.69, 9.17) is 9.53 Å². The van der Waals surface area contributed by atoms with Crippen LogP contribution in [0.2, 0.25) is 5.04 Å². The van der Waals surface area contributed by atoms with Gasteiger partial charge in [0.2, 0.25) is 0 Å². The number of nitrogens with one attached hydrogen (secondary N) is 2. The monoisotopic (exact) mass is 951 g/mol. The Labute approximate surface area is 415 Å². The summed E-state index contributed by atoms with van der Waals surface area (Å²) in [6.45, 7) is 11.2. The molecule has 0 aliphatic carbocycles. The first-order valence-corrected chi connectivity index (χ1v) is 28.1. The van der Waals surface area contributed by atoms with E-state index >= 15 is 0 Å². The predicted molar refractivity (Wildman–Crippen MR) is 290 cm³/mol. The van der Waals surface area contributed by atoms with Crippen LogP contribution < -0.4 is 10.4 Å². The molecule has 2 aromatic carbocycles. The SMILES string of the molecule is C.CC(CCC/C=C\CCCCCCC/C=C\CCCc1nn[nH]n1)O[Si](c1ccccc1)(c1ccccc1)C(C)(C)C.CC(O)CCC/C=C\CCCCCCC/C=C\CCCc1nn[nH]n1. The van der Waals surface area contributed by atoms with Crippen molar-refractivity contribution in [1.82, 2.24) is 41.2 Å². The molecule has 2 atom stereocenters. The number of unbranched alkanes of at least 4 members (excludes halogenated alkanes) is 16. The zero-order chi connectivity index (χ0) is 47.9. The molecule has 2 aromatic heterocycles. The van der Waals surface area contributed by atoms with Crippen molar-refractivity contribution in [3.05, 3.63) is 121 Å². The first-order valence-electron chi connectivity index (χ1n) is 26.2. The molecule has 0 aliphatic rings. The van der Waals surface area contributed by atoms with Crippen molar-refractivity contribution >= 4 is 18.7 Å². The first kappa shape index (κ1) is 59.8. The van der Waals surface area contributed by atoms with Crippen molar-refractivity contribution in [2.45, 2.75) is 226 Å². The van der Waals surface area contributed by atoms with Crippen LogP contribution in [0, 0.1) is 0 Å². The van der Waals surface area contributed by atoms with Gasteiger partial charge >= 0.3 is 0 Å². The summed E-state index contributed by atoms with van der Waals surface area (Å²) in [5.41, 5.74) is 0. The molecule has 0 fully saturated rings. The van der Waals surface area contributed by atoms with Gasteiger partial charge in [0.1, 0.15) is 0 Å². The highest BCUT2D eigenvalue weighted by Gasteiger charge is 2.50. The number of tetrazole rings is 2. The lowest BCUT2D eigenvalue weighted by atomic mass is 10.1. The number of aromatic nitrogens is 8. The highest BCUT2D eigenvalue weighted by atomic mass is 28.4. The lowest BCUT2D eigenvalue weighted by molar-refractivity contribution is 0.182. The number of aryl methyl sites for hydroxylation is 2. The van der Waals surface area contributed by atoms with E-state index in [9.17, 15) is 0 Å². The minimum absolute atomic E-state index is 0. The highest BCUT2D eigenvalue weighted by Crippen LogP contribution is 2.38. The van der Waals surface area contributed by atoms with Gasteiger partial charge in [-0.3, -0.25) is 0 Å². The number of benzene rings is 2. The number of aliphatic hydroxyl groups is 1. The van der Waals surface area contributed by atoms with E-state index in [0.29, 0.717) is 0 Å². The second kappa shape index (κ2) is 38.5. The fourth-order valence-electron chi connectivity index (χ4n) is 8.49. The van der Waals surface area contributed by atoms with Gasteiger partial charge in [-0.2, -0.15) is 10.4 Å². The lowest BCUT2D eigenvalue weighted by Gasteiger charge is -2.44. The molecule has 378 valence electrons. The van der Waals surface area contributed by atoms with E-state index in [0.717, 1.165) is 82.3 Å². The minimum Gasteiger partial charge on any atom is -0.405 e. The van der Waals surface area contributed by atoms with Crippen LogP contribution in [0.4, 0.5) is 0 Å². The average Bonchev–Trinajstić information content (AvgIpc) is 4.06. The Bertz CT molecular complexity index is 1780. The summed E-state index contributed by atoms with van der Waals surface area (Å²) < 4.78 is 7.22. The molecule has 0 radical (unpaired) electrons. The topological polar surface area (TPSA) is 138 Å². The van der Waals surface area contributed by atoms with Crippen molar-refractivity contribution in [2.24, 2.45) is 0 Å². The molecule has 0 aliphatic heterocycles. The Morgan fingerprint density at radius 3 is 1.18 bits per heavy atom. The summed E-state index contributed by atoms with van der Waals surface area (Å²) in [5, 5.41) is 39.9. The van der Waals surface area contributed by atoms with Gasteiger partial charge in [-0.15, -0.1) is 20.4 Å². The van der Waals surface area contributed by atoms with E-state index in [1.165, 1.54) is 107 Å². The standard InChI is InChI=1S/C36H54N4OSi.C20H36N4O.CH4/c1-32(41-42(36(2,3)4,33-27-21-18-22-28-33)34-29-23-19-24-30-34)26-20-16-14-12-10-8-6-5-7-9-11-13-15-17-25-31-35-37-39-40-38-35;1-19(25)17-15-13-11-9-7-5-3-2-4-6-8-10-12-14-16-18-20-21-23-24-22-20;/h12-15,18-19,21-24,27-30,32H,5-11,16-17,20,25-26,31H2,1-4H3,(H,37,38,39,40);9-12,19,25H,2-8,13-18H2,1H3,(H,21,22,23,24);1H4/b14-12-,15-13-;11-9-,12-10-;. The van der Waals surface area contributed by atoms with Gasteiger partial charge in [-0.1, -0.05) is 186 Å². The van der Waals surface area contributed by atoms with Crippen molar-refractivity contribution in [2.75, 3.05) is 0 Å². The maximum Gasteiger partial charge on any atom is 0.261 e. The second-order valence-corrected chi connectivity index (χ2v) is 23.6. The summed E-state index contributed by atoms with van der Waals surface area (Å²) in [7, 11) is -2.46. The van der Waals surface area contributed by atoms with Crippen LogP contribution in [0.25, 0.3) is 0 Å². The second-order valence-electron chi connectivity index (χ2n) is 19.3. The molecule has 11 heteroatoms. The summed E-state index contributed by atoms with van der Waals surface area (Å²) in [6, 6.07) is 22.0. The van der Waals surface area contributed by atoms with Gasteiger partial charge in [0.15, 0.2) is 11.6 Å². The zero-order valence-corrected chi connectivity index (χ0v) is 43.5. The maximum absolute atomic E-state index is 9.17. The van der Waals surface area contributed by atoms with E-state index in [1.54, 1.807) is 0 Å². The molecular formula is C57H94N8O2Si. The van der Waals surface area contributed by atoms with Crippen LogP contribution in [0.3, 0.4) is 0 Å². The van der Waals surface area contributed by atoms with E-state index in [1.807, 2.05) is 6.92 Å². The Balaban J connectivity index is 0.000000523. The van der Waals surface area contributed by atoms with Gasteiger partial charge < -0.3 is 9.53 Å². The summed E-state index contributed by atoms with van der Waals surface area (Å²) >= 11 is 0. The normalized spacial score (nSPS) is 13.1. The quantitative estimate of drug-likeness (QED) is 0.0233. The van der Waals surface area contributed by atoms with Gasteiger partial charge in [-0.05, 0) is 145 Å². The Kier molecular flexibility index (Phi) is 33.9. The number of aliphatic hydroxyl groups excluding tert-OH is 1. The molecule has 2 unspecified atom stereocenters. The Morgan fingerprint density at radius 1 is 0.500 bits per heavy atom. The van der Waals surface area contributed by atoms with E-state index in [2.05, 4.69) is 178 Å². The first-order chi connectivity index (χ1) is 32.7. The van der Waals surface area contributed by atoms with Gasteiger partial charge in [0, 0.05) is 18.9 Å². The van der Waals surface area contributed by atoms with Crippen LogP contribution in [-0.4, -0.2) is 66.9 Å². The number of H-pyrrole nitrogens is 2. The molecule has 0 saturated heterocycles. The third-order valence-corrected chi connectivity index (χ3v) is 17.4. The maximum atomic E-state index is 9.17. The molecule has 0 bridgehead atoms. The fourth-order valence-corrected chi connectivity index (χ4v) is 13.2. The number of hydrogen-bond donors (Lipinski definition) is 3. The third-order valence-electron chi connectivity index (χ3n) is 12.2. The molecule has 3 N–H and O–H groups in total. The van der Waals surface area contributed by atoms with Crippen LogP contribution >= 0.6 is 0 Å². The van der Waals surface area contributed by atoms with Crippen molar-refractivity contribution < 1.29 is 9.53 Å². The van der Waals surface area contributed by atoms with Crippen LogP contribution in [-0.2, 0) is 17.3 Å². The number of aromatic amines is 2. The Hall–Kier alpha value is -4.32. The lowest BCUT2D eigenvalue weighted by Crippen LogP contribution is -2.67. The molecule has 4 aromatic rings. The molecule has 0 saturated carbocycles. The largest absolute Gasteiger partial charge is 0.405 e. The van der Waals surface area contributed by atoms with Crippen molar-refractivity contribution in [3.63, 3.8) is 0 Å². The van der Waals surface area contributed by atoms with Gasteiger partial charge in [0.05, 0.1) is 6.10 Å². The number of rotatable bonds is 36. The smallest absolute Gasteiger partial charge is 0.261 e. The number of hydrogen-bond acceptors (Lipinski definition) is 8. The predicted octanol–water partition coefficient (Wildman–Crippen LogP) is 14.1. The molecule has 68 heavy (non-hydrogen) atoms. The molecule has 10 nitrogen and oxygen atoms in total. The highest BCUT2D eigenvalue weighted by molar-refractivity contribution is 6.99. The fraction of sp³-hybridized carbons (Fsp3) is 0.614. The summed E-state index contributed by atoms with van der Waals surface area (Å²) in [5.74, 6) is 1.62. The van der Waals surface area contributed by atoms with Crippen LogP contribution in [0.15, 0.2) is 109 Å². The average molecular weight is 952 g/mol. The van der Waals surface area contributed by atoms with Gasteiger partial charge in [-0.25, -0.2) is 0 Å². The van der Waals surface area contributed by atoms with E-state index < -0.39 is 8.32 Å². The summed E-state index contributed by atoms with van der Waals surface area (Å²) in [4.78, 5) is 0. The zero-order valence-electron chi connectivity index (χ0n) is 42.5. The van der Waals surface area contributed by atoms with Crippen molar-refractivity contribution in [1.29, 1.82) is 0 Å². The molecule has 2 heterocycles. The summed E-state index contributed by atoms with van der Waals surface area (Å²) in [6.07, 6.45) is 49.3. The molecule has 4 rings (SSSR count). The van der Waals surface area contributed by atoms with Gasteiger partial charge in [0.25, 0.3) is 8.32 Å². The Morgan fingerprint density at radius 2 is 0.838 bits per heavy atom. The minimum atomic E-state index is -2.46. The third kappa shape index (κ3) is 27.0. The van der Waals surface area contributed by atoms with Crippen LogP contribution in [0.1, 0.15) is 208 Å². The molecule has 0 spiro atoms.